The predicted molar refractivity (Wildman–Crippen MR) is 62.0 cm³/mol. The number of carbonyl (C=O) groups excluding carboxylic acids is 1. The fourth-order valence-electron chi connectivity index (χ4n) is 2.43. The van der Waals surface area contributed by atoms with Crippen molar-refractivity contribution >= 4 is 5.78 Å². The number of benzene rings is 1. The minimum atomic E-state index is -0.133. The van der Waals surface area contributed by atoms with Crippen LogP contribution in [-0.2, 0) is 16.6 Å². The summed E-state index contributed by atoms with van der Waals surface area (Å²) >= 11 is 0. The van der Waals surface area contributed by atoms with Gasteiger partial charge in [-0.2, -0.15) is 0 Å². The van der Waals surface area contributed by atoms with Crippen molar-refractivity contribution in [1.29, 1.82) is 0 Å². The molecule has 0 spiro atoms. The first kappa shape index (κ1) is 10.4. The van der Waals surface area contributed by atoms with Gasteiger partial charge >= 0.3 is 0 Å². The van der Waals surface area contributed by atoms with Gasteiger partial charge in [0.05, 0.1) is 5.41 Å². The van der Waals surface area contributed by atoms with Crippen molar-refractivity contribution in [3.63, 3.8) is 0 Å². The van der Waals surface area contributed by atoms with Crippen LogP contribution in [0.2, 0.25) is 0 Å². The fraction of sp³-hybridized carbons (Fsp3) is 0.500. The number of hydrogen-bond donors (Lipinski definition) is 0. The largest absolute Gasteiger partial charge is 0.299 e. The molecular weight excluding hydrogens is 184 g/mol. The second-order valence-corrected chi connectivity index (χ2v) is 4.54. The van der Waals surface area contributed by atoms with Crippen LogP contribution < -0.4 is 0 Å². The highest BCUT2D eigenvalue weighted by atomic mass is 16.1. The van der Waals surface area contributed by atoms with Crippen LogP contribution in [0.3, 0.4) is 0 Å². The van der Waals surface area contributed by atoms with Crippen molar-refractivity contribution < 1.29 is 4.79 Å². The van der Waals surface area contributed by atoms with Crippen molar-refractivity contribution in [2.24, 2.45) is 0 Å². The van der Waals surface area contributed by atoms with E-state index in [1.165, 1.54) is 17.5 Å². The summed E-state index contributed by atoms with van der Waals surface area (Å²) in [5, 5.41) is 0. The molecule has 0 radical (unpaired) electrons. The SMILES string of the molecule is CCc1ccc(C2(C(C)=O)CCC2)cc1. The zero-order valence-corrected chi connectivity index (χ0v) is 9.55. The quantitative estimate of drug-likeness (QED) is 0.735. The molecule has 0 unspecified atom stereocenters. The highest BCUT2D eigenvalue weighted by Gasteiger charge is 2.42. The summed E-state index contributed by atoms with van der Waals surface area (Å²) in [6, 6.07) is 8.58. The molecule has 0 aromatic heterocycles. The molecule has 2 rings (SSSR count). The molecule has 1 aromatic rings. The standard InChI is InChI=1S/C14H18O/c1-3-12-5-7-13(8-6-12)14(11(2)15)9-4-10-14/h5-8H,3-4,9-10H2,1-2H3. The van der Waals surface area contributed by atoms with Gasteiger partial charge < -0.3 is 0 Å². The van der Waals surface area contributed by atoms with E-state index in [0.717, 1.165) is 19.3 Å². The van der Waals surface area contributed by atoms with E-state index in [1.54, 1.807) is 6.92 Å². The Kier molecular flexibility index (Phi) is 2.64. The highest BCUT2D eigenvalue weighted by molar-refractivity contribution is 5.89. The second kappa shape index (κ2) is 3.80. The molecule has 1 saturated carbocycles. The van der Waals surface area contributed by atoms with Gasteiger partial charge in [0.2, 0.25) is 0 Å². The lowest BCUT2D eigenvalue weighted by atomic mass is 9.62. The molecular formula is C14H18O. The van der Waals surface area contributed by atoms with Crippen LogP contribution in [0.15, 0.2) is 24.3 Å². The Morgan fingerprint density at radius 2 is 1.87 bits per heavy atom. The molecule has 1 aliphatic carbocycles. The van der Waals surface area contributed by atoms with Gasteiger partial charge in [-0.25, -0.2) is 0 Å². The van der Waals surface area contributed by atoms with Gasteiger partial charge in [-0.05, 0) is 37.3 Å². The zero-order chi connectivity index (χ0) is 10.9. The van der Waals surface area contributed by atoms with E-state index in [1.807, 2.05) is 0 Å². The average molecular weight is 202 g/mol. The molecule has 1 nitrogen and oxygen atoms in total. The maximum Gasteiger partial charge on any atom is 0.140 e. The molecule has 0 N–H and O–H groups in total. The Morgan fingerprint density at radius 3 is 2.20 bits per heavy atom. The van der Waals surface area contributed by atoms with Gasteiger partial charge in [0.15, 0.2) is 0 Å². The zero-order valence-electron chi connectivity index (χ0n) is 9.55. The molecule has 0 bridgehead atoms. The molecule has 0 saturated heterocycles. The normalized spacial score (nSPS) is 18.3. The third-order valence-corrected chi connectivity index (χ3v) is 3.80. The van der Waals surface area contributed by atoms with Gasteiger partial charge in [-0.3, -0.25) is 4.79 Å². The van der Waals surface area contributed by atoms with Crippen molar-refractivity contribution in [2.45, 2.75) is 44.9 Å². The summed E-state index contributed by atoms with van der Waals surface area (Å²) in [7, 11) is 0. The van der Waals surface area contributed by atoms with Gasteiger partial charge in [0.25, 0.3) is 0 Å². The molecule has 15 heavy (non-hydrogen) atoms. The Morgan fingerprint density at radius 1 is 1.27 bits per heavy atom. The smallest absolute Gasteiger partial charge is 0.140 e. The first-order valence-electron chi connectivity index (χ1n) is 5.79. The third kappa shape index (κ3) is 1.60. The molecule has 1 aromatic carbocycles. The van der Waals surface area contributed by atoms with Crippen molar-refractivity contribution in [3.8, 4) is 0 Å². The molecule has 0 aliphatic heterocycles. The maximum absolute atomic E-state index is 11.7. The van der Waals surface area contributed by atoms with Crippen LogP contribution in [0.5, 0.6) is 0 Å². The summed E-state index contributed by atoms with van der Waals surface area (Å²) in [4.78, 5) is 11.7. The predicted octanol–water partition coefficient (Wildman–Crippen LogP) is 3.26. The average Bonchev–Trinajstić information content (AvgIpc) is 2.16. The van der Waals surface area contributed by atoms with Crippen LogP contribution in [0.25, 0.3) is 0 Å². The van der Waals surface area contributed by atoms with E-state index < -0.39 is 0 Å². The second-order valence-electron chi connectivity index (χ2n) is 4.54. The summed E-state index contributed by atoms with van der Waals surface area (Å²) in [5.41, 5.74) is 2.43. The third-order valence-electron chi connectivity index (χ3n) is 3.80. The molecule has 0 atom stereocenters. The van der Waals surface area contributed by atoms with Gasteiger partial charge in [-0.1, -0.05) is 37.6 Å². The van der Waals surface area contributed by atoms with Crippen LogP contribution in [0, 0.1) is 0 Å². The fourth-order valence-corrected chi connectivity index (χ4v) is 2.43. The topological polar surface area (TPSA) is 17.1 Å². The monoisotopic (exact) mass is 202 g/mol. The van der Waals surface area contributed by atoms with E-state index in [2.05, 4.69) is 31.2 Å². The van der Waals surface area contributed by atoms with Crippen LogP contribution >= 0.6 is 0 Å². The first-order chi connectivity index (χ1) is 7.19. The minimum Gasteiger partial charge on any atom is -0.299 e. The number of aryl methyl sites for hydroxylation is 1. The number of carbonyl (C=O) groups is 1. The van der Waals surface area contributed by atoms with Gasteiger partial charge in [0, 0.05) is 0 Å². The number of rotatable bonds is 3. The Hall–Kier alpha value is -1.11. The van der Waals surface area contributed by atoms with Crippen molar-refractivity contribution in [1.82, 2.24) is 0 Å². The van der Waals surface area contributed by atoms with Crippen molar-refractivity contribution in [3.05, 3.63) is 35.4 Å². The summed E-state index contributed by atoms with van der Waals surface area (Å²) in [5.74, 6) is 0.331. The number of ketones is 1. The molecule has 80 valence electrons. The van der Waals surface area contributed by atoms with Gasteiger partial charge in [0.1, 0.15) is 5.78 Å². The lowest BCUT2D eigenvalue weighted by Crippen LogP contribution is -2.40. The number of hydrogen-bond acceptors (Lipinski definition) is 1. The van der Waals surface area contributed by atoms with Gasteiger partial charge in [-0.15, -0.1) is 0 Å². The van der Waals surface area contributed by atoms with Crippen molar-refractivity contribution in [2.75, 3.05) is 0 Å². The Bertz CT molecular complexity index is 357. The van der Waals surface area contributed by atoms with E-state index in [-0.39, 0.29) is 5.41 Å². The lowest BCUT2D eigenvalue weighted by Gasteiger charge is -2.40. The molecule has 0 heterocycles. The Labute approximate surface area is 91.5 Å². The Balaban J connectivity index is 2.31. The molecule has 0 amide bonds. The molecule has 1 fully saturated rings. The summed E-state index contributed by atoms with van der Waals surface area (Å²) < 4.78 is 0. The maximum atomic E-state index is 11.7. The first-order valence-corrected chi connectivity index (χ1v) is 5.79. The van der Waals surface area contributed by atoms with Crippen LogP contribution in [0.1, 0.15) is 44.2 Å². The van der Waals surface area contributed by atoms with Crippen LogP contribution in [-0.4, -0.2) is 5.78 Å². The van der Waals surface area contributed by atoms with E-state index in [4.69, 9.17) is 0 Å². The van der Waals surface area contributed by atoms with Crippen LogP contribution in [0.4, 0.5) is 0 Å². The molecule has 1 aliphatic rings. The van der Waals surface area contributed by atoms with E-state index in [0.29, 0.717) is 5.78 Å². The summed E-state index contributed by atoms with van der Waals surface area (Å²) in [6.45, 7) is 3.88. The number of Topliss-reactive ketones (excluding diaryl/α,β-unsaturated/α-hetero) is 1. The van der Waals surface area contributed by atoms with E-state index >= 15 is 0 Å². The summed E-state index contributed by atoms with van der Waals surface area (Å²) in [6.07, 6.45) is 4.32. The molecule has 1 heteroatoms. The lowest BCUT2D eigenvalue weighted by molar-refractivity contribution is -0.125. The minimum absolute atomic E-state index is 0.133. The highest BCUT2D eigenvalue weighted by Crippen LogP contribution is 2.44. The van der Waals surface area contributed by atoms with E-state index in [9.17, 15) is 4.79 Å².